The number of hydrogen-bond donors (Lipinski definition) is 1. The van der Waals surface area contributed by atoms with Gasteiger partial charge in [-0.3, -0.25) is 4.98 Å². The van der Waals surface area contributed by atoms with Crippen molar-refractivity contribution in [2.45, 2.75) is 32.7 Å². The molecule has 2 aromatic rings. The van der Waals surface area contributed by atoms with E-state index in [1.807, 2.05) is 30.0 Å². The van der Waals surface area contributed by atoms with Gasteiger partial charge in [0.2, 0.25) is 0 Å². The number of ether oxygens (including phenoxy) is 1. The molecule has 1 N–H and O–H groups in total. The molecule has 0 bridgehead atoms. The Labute approximate surface area is 159 Å². The Balaban J connectivity index is 1.77. The van der Waals surface area contributed by atoms with Gasteiger partial charge >= 0.3 is 6.03 Å². The van der Waals surface area contributed by atoms with Crippen LogP contribution in [0.15, 0.2) is 36.7 Å². The zero-order valence-electron chi connectivity index (χ0n) is 16.0. The highest BCUT2D eigenvalue weighted by molar-refractivity contribution is 5.90. The minimum atomic E-state index is -0.382. The monoisotopic (exact) mass is 371 g/mol. The van der Waals surface area contributed by atoms with Gasteiger partial charge in [-0.05, 0) is 56.0 Å². The van der Waals surface area contributed by atoms with Crippen LogP contribution in [0.2, 0.25) is 0 Å². The second-order valence-corrected chi connectivity index (χ2v) is 7.25. The Hall–Kier alpha value is -2.47. The van der Waals surface area contributed by atoms with E-state index in [0.29, 0.717) is 30.3 Å². The number of pyridine rings is 1. The van der Waals surface area contributed by atoms with Gasteiger partial charge < -0.3 is 15.0 Å². The van der Waals surface area contributed by atoms with Crippen molar-refractivity contribution in [3.8, 4) is 11.1 Å². The number of nitrogens with zero attached hydrogens (tertiary/aromatic N) is 2. The summed E-state index contributed by atoms with van der Waals surface area (Å²) in [6.07, 6.45) is 4.84. The van der Waals surface area contributed by atoms with Crippen LogP contribution in [0.5, 0.6) is 0 Å². The highest BCUT2D eigenvalue weighted by atomic mass is 19.1. The van der Waals surface area contributed by atoms with Gasteiger partial charge in [0.1, 0.15) is 5.82 Å². The topological polar surface area (TPSA) is 54.5 Å². The van der Waals surface area contributed by atoms with E-state index in [-0.39, 0.29) is 17.9 Å². The maximum atomic E-state index is 13.5. The van der Waals surface area contributed by atoms with Gasteiger partial charge in [0.15, 0.2) is 0 Å². The summed E-state index contributed by atoms with van der Waals surface area (Å²) in [6, 6.07) is 7.17. The molecule has 2 heterocycles. The standard InChI is InChI=1S/C21H26FN3O2/c1-14-4-7-19(9-20(14)17-8-18(22)11-23-10-17)24-21(26)25-12-16(13-27-3)6-5-15(25)2/h4,7-11,15-16H,5-6,12-13H2,1-3H3,(H,24,26)/t15-,16+/m0/s1. The van der Waals surface area contributed by atoms with E-state index in [2.05, 4.69) is 17.2 Å². The predicted octanol–water partition coefficient (Wildman–Crippen LogP) is 4.47. The normalized spacial score (nSPS) is 19.8. The number of hydrogen-bond acceptors (Lipinski definition) is 3. The first-order chi connectivity index (χ1) is 13.0. The van der Waals surface area contributed by atoms with Crippen LogP contribution in [0.25, 0.3) is 11.1 Å². The Morgan fingerprint density at radius 2 is 2.15 bits per heavy atom. The third-order valence-corrected chi connectivity index (χ3v) is 5.15. The zero-order valence-corrected chi connectivity index (χ0v) is 16.0. The zero-order chi connectivity index (χ0) is 19.4. The summed E-state index contributed by atoms with van der Waals surface area (Å²) in [5.41, 5.74) is 3.22. The smallest absolute Gasteiger partial charge is 0.322 e. The molecule has 6 heteroatoms. The molecular formula is C21H26FN3O2. The third kappa shape index (κ3) is 4.63. The summed E-state index contributed by atoms with van der Waals surface area (Å²) in [5, 5.41) is 2.99. The molecule has 1 fully saturated rings. The molecule has 0 spiro atoms. The molecule has 1 aliphatic rings. The van der Waals surface area contributed by atoms with E-state index in [1.165, 1.54) is 12.3 Å². The van der Waals surface area contributed by atoms with E-state index in [1.54, 1.807) is 13.3 Å². The van der Waals surface area contributed by atoms with Crippen LogP contribution >= 0.6 is 0 Å². The number of anilines is 1. The number of amides is 2. The number of carbonyl (C=O) groups excluding carboxylic acids is 1. The van der Waals surface area contributed by atoms with Gasteiger partial charge in [0, 0.05) is 43.1 Å². The van der Waals surface area contributed by atoms with Crippen LogP contribution in [0.3, 0.4) is 0 Å². The summed E-state index contributed by atoms with van der Waals surface area (Å²) in [6.45, 7) is 5.38. The Kier molecular flexibility index (Phi) is 6.06. The van der Waals surface area contributed by atoms with Crippen LogP contribution in [0.1, 0.15) is 25.3 Å². The van der Waals surface area contributed by atoms with Crippen LogP contribution < -0.4 is 5.32 Å². The molecule has 144 valence electrons. The largest absolute Gasteiger partial charge is 0.384 e. The number of aryl methyl sites for hydroxylation is 1. The van der Waals surface area contributed by atoms with E-state index in [0.717, 1.165) is 24.0 Å². The Morgan fingerprint density at radius 3 is 2.89 bits per heavy atom. The number of likely N-dealkylation sites (tertiary alicyclic amines) is 1. The van der Waals surface area contributed by atoms with Crippen molar-refractivity contribution in [2.75, 3.05) is 25.6 Å². The van der Waals surface area contributed by atoms with Crippen molar-refractivity contribution >= 4 is 11.7 Å². The van der Waals surface area contributed by atoms with E-state index in [4.69, 9.17) is 4.74 Å². The number of methoxy groups -OCH3 is 1. The van der Waals surface area contributed by atoms with E-state index in [9.17, 15) is 9.18 Å². The van der Waals surface area contributed by atoms with Gasteiger partial charge in [-0.2, -0.15) is 0 Å². The molecular weight excluding hydrogens is 345 g/mol. The van der Waals surface area contributed by atoms with Crippen molar-refractivity contribution in [3.05, 3.63) is 48.0 Å². The lowest BCUT2D eigenvalue weighted by Crippen LogP contribution is -2.48. The lowest BCUT2D eigenvalue weighted by atomic mass is 9.94. The Bertz CT molecular complexity index is 812. The summed E-state index contributed by atoms with van der Waals surface area (Å²) in [7, 11) is 1.69. The first kappa shape index (κ1) is 19.3. The number of piperidine rings is 1. The highest BCUT2D eigenvalue weighted by Crippen LogP contribution is 2.28. The van der Waals surface area contributed by atoms with Gasteiger partial charge in [-0.25, -0.2) is 9.18 Å². The molecule has 0 unspecified atom stereocenters. The fraction of sp³-hybridized carbons (Fsp3) is 0.429. The Morgan fingerprint density at radius 1 is 1.33 bits per heavy atom. The van der Waals surface area contributed by atoms with Crippen LogP contribution in [0.4, 0.5) is 14.9 Å². The van der Waals surface area contributed by atoms with Gasteiger partial charge in [-0.1, -0.05) is 6.07 Å². The number of benzene rings is 1. The number of aromatic nitrogens is 1. The summed E-state index contributed by atoms with van der Waals surface area (Å²) >= 11 is 0. The quantitative estimate of drug-likeness (QED) is 0.862. The van der Waals surface area contributed by atoms with Gasteiger partial charge in [0.05, 0.1) is 12.8 Å². The second-order valence-electron chi connectivity index (χ2n) is 7.25. The minimum Gasteiger partial charge on any atom is -0.384 e. The number of urea groups is 1. The summed E-state index contributed by atoms with van der Waals surface area (Å²) in [4.78, 5) is 18.6. The van der Waals surface area contributed by atoms with E-state index >= 15 is 0 Å². The van der Waals surface area contributed by atoms with Gasteiger partial charge in [-0.15, -0.1) is 0 Å². The number of carbonyl (C=O) groups is 1. The molecule has 1 aliphatic heterocycles. The number of nitrogens with one attached hydrogen (secondary N) is 1. The van der Waals surface area contributed by atoms with Crippen molar-refractivity contribution in [1.82, 2.24) is 9.88 Å². The van der Waals surface area contributed by atoms with E-state index < -0.39 is 0 Å². The summed E-state index contributed by atoms with van der Waals surface area (Å²) in [5.74, 6) is -0.0171. The molecule has 1 aromatic heterocycles. The minimum absolute atomic E-state index is 0.115. The lowest BCUT2D eigenvalue weighted by Gasteiger charge is -2.37. The maximum Gasteiger partial charge on any atom is 0.322 e. The molecule has 2 amide bonds. The fourth-order valence-corrected chi connectivity index (χ4v) is 3.60. The SMILES string of the molecule is COC[C@@H]1CC[C@H](C)N(C(=O)Nc2ccc(C)c(-c3cncc(F)c3)c2)C1. The predicted molar refractivity (Wildman–Crippen MR) is 104 cm³/mol. The molecule has 0 saturated carbocycles. The molecule has 27 heavy (non-hydrogen) atoms. The average molecular weight is 371 g/mol. The highest BCUT2D eigenvalue weighted by Gasteiger charge is 2.29. The first-order valence-corrected chi connectivity index (χ1v) is 9.26. The molecule has 2 atom stereocenters. The van der Waals surface area contributed by atoms with Gasteiger partial charge in [0.25, 0.3) is 0 Å². The summed E-state index contributed by atoms with van der Waals surface area (Å²) < 4.78 is 18.8. The molecule has 0 radical (unpaired) electrons. The maximum absolute atomic E-state index is 13.5. The van der Waals surface area contributed by atoms with Crippen molar-refractivity contribution in [2.24, 2.45) is 5.92 Å². The number of rotatable bonds is 4. The van der Waals surface area contributed by atoms with Crippen molar-refractivity contribution in [3.63, 3.8) is 0 Å². The van der Waals surface area contributed by atoms with Crippen LogP contribution in [-0.4, -0.2) is 42.2 Å². The molecule has 3 rings (SSSR count). The van der Waals surface area contributed by atoms with Crippen LogP contribution in [0, 0.1) is 18.7 Å². The molecule has 1 aromatic carbocycles. The van der Waals surface area contributed by atoms with Crippen LogP contribution in [-0.2, 0) is 4.74 Å². The molecule has 1 saturated heterocycles. The molecule has 5 nitrogen and oxygen atoms in total. The average Bonchev–Trinajstić information content (AvgIpc) is 2.65. The lowest BCUT2D eigenvalue weighted by molar-refractivity contribution is 0.0838. The number of halogens is 1. The van der Waals surface area contributed by atoms with Crippen molar-refractivity contribution in [1.29, 1.82) is 0 Å². The molecule has 0 aliphatic carbocycles. The van der Waals surface area contributed by atoms with Crippen molar-refractivity contribution < 1.29 is 13.9 Å². The second kappa shape index (κ2) is 8.48. The first-order valence-electron chi connectivity index (χ1n) is 9.26. The fourth-order valence-electron chi connectivity index (χ4n) is 3.60. The third-order valence-electron chi connectivity index (χ3n) is 5.15.